The Labute approximate surface area is 157 Å². The SMILES string of the molecule is CCN1CCC[C@]2(CN(C(=O)Cc3ccc(C#N)cc3)CC(F)(F)C2)C1=O. The molecule has 0 aliphatic carbocycles. The third-order valence-electron chi connectivity index (χ3n) is 5.51. The molecule has 1 atom stereocenters. The number of benzene rings is 1. The standard InChI is InChI=1S/C20H23F2N3O2/c1-2-24-9-3-8-19(18(24)27)12-20(21,22)14-25(13-19)17(26)10-15-4-6-16(11-23)7-5-15/h4-7H,2-3,8-10,12-14H2,1H3/t19-/m0/s1. The van der Waals surface area contributed by atoms with Gasteiger partial charge in [-0.15, -0.1) is 0 Å². The Morgan fingerprint density at radius 2 is 1.96 bits per heavy atom. The van der Waals surface area contributed by atoms with Crippen LogP contribution in [0.3, 0.4) is 0 Å². The lowest BCUT2D eigenvalue weighted by molar-refractivity contribution is -0.174. The maximum atomic E-state index is 14.5. The van der Waals surface area contributed by atoms with Gasteiger partial charge in [-0.05, 0) is 37.5 Å². The molecule has 2 aliphatic rings. The normalized spacial score (nSPS) is 24.7. The molecule has 7 heteroatoms. The average molecular weight is 375 g/mol. The first kappa shape index (κ1) is 19.3. The van der Waals surface area contributed by atoms with Crippen molar-refractivity contribution < 1.29 is 18.4 Å². The Balaban J connectivity index is 1.79. The molecule has 1 aromatic carbocycles. The molecule has 2 amide bonds. The van der Waals surface area contributed by atoms with Gasteiger partial charge in [0, 0.05) is 26.1 Å². The maximum absolute atomic E-state index is 14.5. The van der Waals surface area contributed by atoms with Crippen LogP contribution in [0, 0.1) is 16.7 Å². The van der Waals surface area contributed by atoms with Crippen LogP contribution in [0.4, 0.5) is 8.78 Å². The second kappa shape index (κ2) is 7.26. The van der Waals surface area contributed by atoms with Crippen LogP contribution in [0.2, 0.25) is 0 Å². The molecule has 3 rings (SSSR count). The van der Waals surface area contributed by atoms with E-state index in [4.69, 9.17) is 5.26 Å². The summed E-state index contributed by atoms with van der Waals surface area (Å²) in [5.41, 5.74) is -0.0507. The molecule has 0 saturated carbocycles. The molecule has 0 N–H and O–H groups in total. The number of nitriles is 1. The van der Waals surface area contributed by atoms with E-state index >= 15 is 0 Å². The van der Waals surface area contributed by atoms with Crippen LogP contribution < -0.4 is 0 Å². The van der Waals surface area contributed by atoms with E-state index in [1.54, 1.807) is 29.2 Å². The quantitative estimate of drug-likeness (QED) is 0.816. The second-order valence-corrected chi connectivity index (χ2v) is 7.54. The molecular formula is C20H23F2N3O2. The van der Waals surface area contributed by atoms with Crippen LogP contribution >= 0.6 is 0 Å². The lowest BCUT2D eigenvalue weighted by Gasteiger charge is -2.49. The minimum Gasteiger partial charge on any atom is -0.342 e. The fraction of sp³-hybridized carbons (Fsp3) is 0.550. The van der Waals surface area contributed by atoms with E-state index in [0.717, 1.165) is 4.90 Å². The minimum absolute atomic E-state index is 0.0243. The molecule has 2 heterocycles. The minimum atomic E-state index is -3.08. The fourth-order valence-electron chi connectivity index (χ4n) is 4.23. The van der Waals surface area contributed by atoms with Crippen molar-refractivity contribution in [3.8, 4) is 6.07 Å². The lowest BCUT2D eigenvalue weighted by atomic mass is 9.71. The highest BCUT2D eigenvalue weighted by Gasteiger charge is 2.55. The molecule has 2 aliphatic heterocycles. The van der Waals surface area contributed by atoms with Crippen molar-refractivity contribution in [1.82, 2.24) is 9.80 Å². The van der Waals surface area contributed by atoms with E-state index in [-0.39, 0.29) is 18.9 Å². The number of amides is 2. The van der Waals surface area contributed by atoms with Crippen LogP contribution in [0.5, 0.6) is 0 Å². The third kappa shape index (κ3) is 3.95. The molecule has 0 radical (unpaired) electrons. The Morgan fingerprint density at radius 1 is 1.26 bits per heavy atom. The number of hydrogen-bond donors (Lipinski definition) is 0. The number of nitrogens with zero attached hydrogens (tertiary/aromatic N) is 3. The first-order chi connectivity index (χ1) is 12.8. The van der Waals surface area contributed by atoms with Crippen LogP contribution in [0.1, 0.15) is 37.3 Å². The number of piperidine rings is 2. The molecule has 1 aromatic rings. The molecule has 0 bridgehead atoms. The Bertz CT molecular complexity index is 772. The maximum Gasteiger partial charge on any atom is 0.266 e. The highest BCUT2D eigenvalue weighted by molar-refractivity contribution is 5.86. The molecule has 27 heavy (non-hydrogen) atoms. The van der Waals surface area contributed by atoms with Crippen molar-refractivity contribution in [3.05, 3.63) is 35.4 Å². The molecule has 2 saturated heterocycles. The van der Waals surface area contributed by atoms with Crippen molar-refractivity contribution in [2.45, 2.75) is 38.5 Å². The number of carbonyl (C=O) groups excluding carboxylic acids is 2. The van der Waals surface area contributed by atoms with E-state index in [9.17, 15) is 18.4 Å². The van der Waals surface area contributed by atoms with Crippen LogP contribution in [0.15, 0.2) is 24.3 Å². The van der Waals surface area contributed by atoms with Crippen LogP contribution in [0.25, 0.3) is 0 Å². The van der Waals surface area contributed by atoms with Crippen molar-refractivity contribution in [2.75, 3.05) is 26.2 Å². The molecular weight excluding hydrogens is 352 g/mol. The second-order valence-electron chi connectivity index (χ2n) is 7.54. The Kier molecular flexibility index (Phi) is 5.18. The number of halogens is 2. The van der Waals surface area contributed by atoms with E-state index in [1.165, 1.54) is 0 Å². The van der Waals surface area contributed by atoms with Gasteiger partial charge >= 0.3 is 0 Å². The number of likely N-dealkylation sites (tertiary alicyclic amines) is 2. The third-order valence-corrected chi connectivity index (χ3v) is 5.51. The van der Waals surface area contributed by atoms with Crippen LogP contribution in [-0.2, 0) is 16.0 Å². The highest BCUT2D eigenvalue weighted by atomic mass is 19.3. The fourth-order valence-corrected chi connectivity index (χ4v) is 4.23. The van der Waals surface area contributed by atoms with Crippen molar-refractivity contribution >= 4 is 11.8 Å². The number of carbonyl (C=O) groups is 2. The zero-order valence-corrected chi connectivity index (χ0v) is 15.4. The summed E-state index contributed by atoms with van der Waals surface area (Å²) >= 11 is 0. The summed E-state index contributed by atoms with van der Waals surface area (Å²) in [6.07, 6.45) is 0.547. The number of alkyl halides is 2. The van der Waals surface area contributed by atoms with E-state index in [1.807, 2.05) is 13.0 Å². The highest BCUT2D eigenvalue weighted by Crippen LogP contribution is 2.45. The number of hydrogen-bond acceptors (Lipinski definition) is 3. The summed E-state index contributed by atoms with van der Waals surface area (Å²) in [6, 6.07) is 8.49. The summed E-state index contributed by atoms with van der Waals surface area (Å²) in [5.74, 6) is -3.75. The van der Waals surface area contributed by atoms with Gasteiger partial charge in [0.1, 0.15) is 0 Å². The van der Waals surface area contributed by atoms with Gasteiger partial charge in [0.05, 0.1) is 30.0 Å². The van der Waals surface area contributed by atoms with Crippen molar-refractivity contribution in [2.24, 2.45) is 5.41 Å². The average Bonchev–Trinajstić information content (AvgIpc) is 2.63. The molecule has 0 unspecified atom stereocenters. The monoisotopic (exact) mass is 375 g/mol. The van der Waals surface area contributed by atoms with Gasteiger partial charge in [-0.1, -0.05) is 12.1 Å². The van der Waals surface area contributed by atoms with E-state index in [0.29, 0.717) is 37.1 Å². The summed E-state index contributed by atoms with van der Waals surface area (Å²) in [5, 5.41) is 8.83. The van der Waals surface area contributed by atoms with Gasteiger partial charge in [-0.3, -0.25) is 9.59 Å². The molecule has 2 fully saturated rings. The molecule has 5 nitrogen and oxygen atoms in total. The van der Waals surface area contributed by atoms with E-state index in [2.05, 4.69) is 0 Å². The number of rotatable bonds is 3. The van der Waals surface area contributed by atoms with Gasteiger partial charge in [0.25, 0.3) is 5.92 Å². The van der Waals surface area contributed by atoms with Crippen molar-refractivity contribution in [3.63, 3.8) is 0 Å². The van der Waals surface area contributed by atoms with Gasteiger partial charge in [0.15, 0.2) is 0 Å². The first-order valence-corrected chi connectivity index (χ1v) is 9.23. The lowest BCUT2D eigenvalue weighted by Crippen LogP contribution is -2.62. The summed E-state index contributed by atoms with van der Waals surface area (Å²) in [6.45, 7) is 2.31. The van der Waals surface area contributed by atoms with Crippen molar-refractivity contribution in [1.29, 1.82) is 5.26 Å². The zero-order chi connectivity index (χ0) is 19.7. The van der Waals surface area contributed by atoms with Crippen LogP contribution in [-0.4, -0.2) is 53.7 Å². The summed E-state index contributed by atoms with van der Waals surface area (Å²) in [7, 11) is 0. The largest absolute Gasteiger partial charge is 0.342 e. The zero-order valence-electron chi connectivity index (χ0n) is 15.4. The molecule has 144 valence electrons. The van der Waals surface area contributed by atoms with Gasteiger partial charge in [0.2, 0.25) is 11.8 Å². The summed E-state index contributed by atoms with van der Waals surface area (Å²) in [4.78, 5) is 28.3. The Morgan fingerprint density at radius 3 is 2.59 bits per heavy atom. The Hall–Kier alpha value is -2.49. The smallest absolute Gasteiger partial charge is 0.266 e. The van der Waals surface area contributed by atoms with Gasteiger partial charge in [-0.25, -0.2) is 8.78 Å². The van der Waals surface area contributed by atoms with Gasteiger partial charge in [-0.2, -0.15) is 5.26 Å². The molecule has 1 spiro atoms. The predicted molar refractivity (Wildman–Crippen MR) is 94.9 cm³/mol. The summed E-state index contributed by atoms with van der Waals surface area (Å²) < 4.78 is 29.0. The topological polar surface area (TPSA) is 64.4 Å². The predicted octanol–water partition coefficient (Wildman–Crippen LogP) is 2.60. The van der Waals surface area contributed by atoms with Gasteiger partial charge < -0.3 is 9.80 Å². The van der Waals surface area contributed by atoms with E-state index < -0.39 is 30.2 Å². The molecule has 0 aromatic heterocycles. The first-order valence-electron chi connectivity index (χ1n) is 9.23.